The van der Waals surface area contributed by atoms with Gasteiger partial charge in [0.15, 0.2) is 0 Å². The van der Waals surface area contributed by atoms with Crippen LogP contribution in [0.2, 0.25) is 0 Å². The molecule has 3 aliphatic rings. The van der Waals surface area contributed by atoms with Crippen molar-refractivity contribution in [3.63, 3.8) is 0 Å². The van der Waals surface area contributed by atoms with Crippen LogP contribution >= 0.6 is 0 Å². The molecule has 0 heteroatoms. The maximum atomic E-state index is 4.14. The van der Waals surface area contributed by atoms with Gasteiger partial charge < -0.3 is 0 Å². The molecule has 0 aliphatic heterocycles. The Bertz CT molecular complexity index is 200. The molecule has 0 aromatic rings. The molecule has 3 saturated carbocycles. The molecule has 0 heterocycles. The molecule has 62 valence electrons. The standard InChI is InChI=1S/C11H18/c1-7-5-9-6-10(8(7)2)11(9,3)4/h8-10H,1,5-6H2,2-4H3/t8-,9+,10+/m0/s1. The van der Waals surface area contributed by atoms with Gasteiger partial charge in [0.05, 0.1) is 0 Å². The molecule has 0 radical (unpaired) electrons. The Balaban J connectivity index is 2.23. The normalized spacial score (nSPS) is 46.8. The molecule has 0 aromatic heterocycles. The van der Waals surface area contributed by atoms with Crippen LogP contribution in [-0.2, 0) is 0 Å². The maximum Gasteiger partial charge on any atom is -0.0201 e. The second-order valence-corrected chi connectivity index (χ2v) is 5.01. The summed E-state index contributed by atoms with van der Waals surface area (Å²) in [5.74, 6) is 2.68. The lowest BCUT2D eigenvalue weighted by atomic mass is 9.45. The van der Waals surface area contributed by atoms with Crippen LogP contribution in [0.15, 0.2) is 12.2 Å². The van der Waals surface area contributed by atoms with Crippen LogP contribution in [0.3, 0.4) is 0 Å². The first kappa shape index (κ1) is 7.39. The van der Waals surface area contributed by atoms with Crippen molar-refractivity contribution in [3.8, 4) is 0 Å². The Hall–Kier alpha value is -0.260. The topological polar surface area (TPSA) is 0 Å². The van der Waals surface area contributed by atoms with Crippen LogP contribution in [-0.4, -0.2) is 0 Å². The second kappa shape index (κ2) is 1.91. The summed E-state index contributed by atoms with van der Waals surface area (Å²) in [5, 5.41) is 0. The molecule has 0 saturated heterocycles. The smallest absolute Gasteiger partial charge is 0.0201 e. The van der Waals surface area contributed by atoms with Gasteiger partial charge in [0.2, 0.25) is 0 Å². The fourth-order valence-corrected chi connectivity index (χ4v) is 3.04. The monoisotopic (exact) mass is 150 g/mol. The van der Waals surface area contributed by atoms with Gasteiger partial charge >= 0.3 is 0 Å². The van der Waals surface area contributed by atoms with Crippen molar-refractivity contribution in [2.24, 2.45) is 23.2 Å². The van der Waals surface area contributed by atoms with Gasteiger partial charge in [0, 0.05) is 0 Å². The zero-order valence-electron chi connectivity index (χ0n) is 7.85. The molecule has 3 aliphatic carbocycles. The predicted octanol–water partition coefficient (Wildman–Crippen LogP) is 3.24. The lowest BCUT2D eigenvalue weighted by molar-refractivity contribution is -0.0720. The highest BCUT2D eigenvalue weighted by atomic mass is 14.6. The highest BCUT2D eigenvalue weighted by Crippen LogP contribution is 2.62. The SMILES string of the molecule is C=C1C[C@@H]2C[C@H]([C@H]1C)C2(C)C. The maximum absolute atomic E-state index is 4.14. The van der Waals surface area contributed by atoms with Gasteiger partial charge in [0.1, 0.15) is 0 Å². The molecule has 11 heavy (non-hydrogen) atoms. The van der Waals surface area contributed by atoms with Crippen molar-refractivity contribution in [1.29, 1.82) is 0 Å². The molecular weight excluding hydrogens is 132 g/mol. The number of hydrogen-bond acceptors (Lipinski definition) is 0. The minimum absolute atomic E-state index is 0.626. The van der Waals surface area contributed by atoms with Gasteiger partial charge in [-0.3, -0.25) is 0 Å². The molecule has 0 spiro atoms. The summed E-state index contributed by atoms with van der Waals surface area (Å²) in [5.41, 5.74) is 2.13. The van der Waals surface area contributed by atoms with Gasteiger partial charge in [-0.15, -0.1) is 0 Å². The predicted molar refractivity (Wildman–Crippen MR) is 48.3 cm³/mol. The molecular formula is C11H18. The van der Waals surface area contributed by atoms with E-state index in [0.29, 0.717) is 5.41 Å². The van der Waals surface area contributed by atoms with Crippen LogP contribution in [0.1, 0.15) is 33.6 Å². The molecule has 0 aromatic carbocycles. The van der Waals surface area contributed by atoms with E-state index in [4.69, 9.17) is 0 Å². The summed E-state index contributed by atoms with van der Waals surface area (Å²) >= 11 is 0. The molecule has 0 N–H and O–H groups in total. The fraction of sp³-hybridized carbons (Fsp3) is 0.818. The van der Waals surface area contributed by atoms with Crippen molar-refractivity contribution in [2.45, 2.75) is 33.6 Å². The molecule has 3 fully saturated rings. The quantitative estimate of drug-likeness (QED) is 0.465. The number of allylic oxidation sites excluding steroid dienone is 1. The molecule has 0 unspecified atom stereocenters. The molecule has 3 atom stereocenters. The fourth-order valence-electron chi connectivity index (χ4n) is 3.04. The summed E-state index contributed by atoms with van der Waals surface area (Å²) in [4.78, 5) is 0. The summed E-state index contributed by atoms with van der Waals surface area (Å²) in [7, 11) is 0. The highest BCUT2D eigenvalue weighted by molar-refractivity contribution is 5.17. The Morgan fingerprint density at radius 1 is 1.45 bits per heavy atom. The van der Waals surface area contributed by atoms with E-state index < -0.39 is 0 Å². The van der Waals surface area contributed by atoms with Crippen LogP contribution in [0, 0.1) is 23.2 Å². The van der Waals surface area contributed by atoms with Gasteiger partial charge in [-0.2, -0.15) is 0 Å². The van der Waals surface area contributed by atoms with Crippen molar-refractivity contribution >= 4 is 0 Å². The van der Waals surface area contributed by atoms with Crippen LogP contribution in [0.4, 0.5) is 0 Å². The number of hydrogen-bond donors (Lipinski definition) is 0. The third kappa shape index (κ3) is 0.758. The van der Waals surface area contributed by atoms with Crippen LogP contribution in [0.5, 0.6) is 0 Å². The minimum Gasteiger partial charge on any atom is -0.0996 e. The summed E-state index contributed by atoms with van der Waals surface area (Å²) in [6, 6.07) is 0. The largest absolute Gasteiger partial charge is 0.0996 e. The average molecular weight is 150 g/mol. The molecule has 0 nitrogen and oxygen atoms in total. The minimum atomic E-state index is 0.626. The Kier molecular flexibility index (Phi) is 1.28. The molecule has 2 bridgehead atoms. The van der Waals surface area contributed by atoms with E-state index in [1.54, 1.807) is 0 Å². The van der Waals surface area contributed by atoms with Crippen LogP contribution in [0.25, 0.3) is 0 Å². The Labute approximate surface area is 69.7 Å². The second-order valence-electron chi connectivity index (χ2n) is 5.01. The third-order valence-electron chi connectivity index (χ3n) is 4.30. The number of fused-ring (bicyclic) bond motifs is 2. The van der Waals surface area contributed by atoms with E-state index in [-0.39, 0.29) is 0 Å². The van der Waals surface area contributed by atoms with E-state index in [1.807, 2.05) is 0 Å². The summed E-state index contributed by atoms with van der Waals surface area (Å²) in [6.45, 7) is 11.3. The first-order chi connectivity index (χ1) is 5.03. The summed E-state index contributed by atoms with van der Waals surface area (Å²) < 4.78 is 0. The van der Waals surface area contributed by atoms with E-state index in [1.165, 1.54) is 18.4 Å². The zero-order chi connectivity index (χ0) is 8.22. The highest BCUT2D eigenvalue weighted by Gasteiger charge is 2.53. The molecule has 0 amide bonds. The van der Waals surface area contributed by atoms with E-state index in [0.717, 1.165) is 17.8 Å². The van der Waals surface area contributed by atoms with Gasteiger partial charge in [0.25, 0.3) is 0 Å². The zero-order valence-corrected chi connectivity index (χ0v) is 7.85. The van der Waals surface area contributed by atoms with Gasteiger partial charge in [-0.05, 0) is 36.0 Å². The average Bonchev–Trinajstić information content (AvgIpc) is 1.93. The lowest BCUT2D eigenvalue weighted by Crippen LogP contribution is -2.52. The van der Waals surface area contributed by atoms with Crippen molar-refractivity contribution in [3.05, 3.63) is 12.2 Å². The Morgan fingerprint density at radius 2 is 2.09 bits per heavy atom. The number of rotatable bonds is 0. The lowest BCUT2D eigenvalue weighted by Gasteiger charge is -2.60. The van der Waals surface area contributed by atoms with Crippen molar-refractivity contribution in [2.75, 3.05) is 0 Å². The van der Waals surface area contributed by atoms with Gasteiger partial charge in [-0.1, -0.05) is 32.9 Å². The first-order valence-electron chi connectivity index (χ1n) is 4.71. The van der Waals surface area contributed by atoms with Gasteiger partial charge in [-0.25, -0.2) is 0 Å². The summed E-state index contributed by atoms with van der Waals surface area (Å²) in [6.07, 6.45) is 2.76. The van der Waals surface area contributed by atoms with E-state index in [9.17, 15) is 0 Å². The van der Waals surface area contributed by atoms with Crippen LogP contribution < -0.4 is 0 Å². The Morgan fingerprint density at radius 3 is 2.45 bits per heavy atom. The third-order valence-corrected chi connectivity index (χ3v) is 4.30. The van der Waals surface area contributed by atoms with E-state index >= 15 is 0 Å². The first-order valence-corrected chi connectivity index (χ1v) is 4.71. The van der Waals surface area contributed by atoms with Crippen molar-refractivity contribution < 1.29 is 0 Å². The van der Waals surface area contributed by atoms with E-state index in [2.05, 4.69) is 27.4 Å². The van der Waals surface area contributed by atoms with Crippen molar-refractivity contribution in [1.82, 2.24) is 0 Å². The molecule has 3 rings (SSSR count).